The molecular formula is C15H26N2O2. The SMILES string of the molecule is CCC1(CC)NC(=O)CN(C2CCCCC2C)C1=O. The molecule has 2 rings (SSSR count). The fourth-order valence-corrected chi connectivity index (χ4v) is 3.62. The average molecular weight is 266 g/mol. The maximum atomic E-state index is 12.8. The number of amides is 2. The van der Waals surface area contributed by atoms with Gasteiger partial charge in [-0.3, -0.25) is 9.59 Å². The molecule has 108 valence electrons. The fourth-order valence-electron chi connectivity index (χ4n) is 3.62. The van der Waals surface area contributed by atoms with Crippen molar-refractivity contribution >= 4 is 11.8 Å². The summed E-state index contributed by atoms with van der Waals surface area (Å²) in [6, 6.07) is 0.254. The van der Waals surface area contributed by atoms with Gasteiger partial charge >= 0.3 is 0 Å². The van der Waals surface area contributed by atoms with Crippen LogP contribution in [0.25, 0.3) is 0 Å². The van der Waals surface area contributed by atoms with Gasteiger partial charge in [0, 0.05) is 6.04 Å². The Morgan fingerprint density at radius 3 is 2.42 bits per heavy atom. The van der Waals surface area contributed by atoms with Gasteiger partial charge in [-0.2, -0.15) is 0 Å². The van der Waals surface area contributed by atoms with Crippen molar-refractivity contribution in [2.24, 2.45) is 5.92 Å². The molecule has 0 bridgehead atoms. The molecule has 2 amide bonds. The molecule has 0 aromatic rings. The van der Waals surface area contributed by atoms with Crippen molar-refractivity contribution in [3.63, 3.8) is 0 Å². The van der Waals surface area contributed by atoms with Crippen molar-refractivity contribution in [1.29, 1.82) is 0 Å². The average Bonchev–Trinajstić information content (AvgIpc) is 2.42. The van der Waals surface area contributed by atoms with Crippen LogP contribution in [-0.2, 0) is 9.59 Å². The van der Waals surface area contributed by atoms with Gasteiger partial charge in [0.1, 0.15) is 5.54 Å². The summed E-state index contributed by atoms with van der Waals surface area (Å²) in [5, 5.41) is 2.93. The molecule has 4 nitrogen and oxygen atoms in total. The Balaban J connectivity index is 2.24. The first-order valence-electron chi connectivity index (χ1n) is 7.66. The summed E-state index contributed by atoms with van der Waals surface area (Å²) in [6.07, 6.45) is 5.98. The fraction of sp³-hybridized carbons (Fsp3) is 0.867. The van der Waals surface area contributed by atoms with E-state index in [9.17, 15) is 9.59 Å². The van der Waals surface area contributed by atoms with Crippen LogP contribution in [0.2, 0.25) is 0 Å². The van der Waals surface area contributed by atoms with Gasteiger partial charge < -0.3 is 10.2 Å². The molecule has 4 heteroatoms. The first kappa shape index (κ1) is 14.4. The van der Waals surface area contributed by atoms with Gasteiger partial charge in [-0.1, -0.05) is 33.6 Å². The number of nitrogens with one attached hydrogen (secondary N) is 1. The molecule has 1 aliphatic heterocycles. The third-order valence-corrected chi connectivity index (χ3v) is 5.04. The molecule has 19 heavy (non-hydrogen) atoms. The second-order valence-electron chi connectivity index (χ2n) is 6.10. The number of nitrogens with zero attached hydrogens (tertiary/aromatic N) is 1. The van der Waals surface area contributed by atoms with E-state index in [0.29, 0.717) is 18.8 Å². The highest BCUT2D eigenvalue weighted by molar-refractivity contribution is 5.98. The van der Waals surface area contributed by atoms with Crippen molar-refractivity contribution in [2.75, 3.05) is 6.54 Å². The second kappa shape index (κ2) is 5.51. The molecule has 0 aromatic heterocycles. The van der Waals surface area contributed by atoms with Gasteiger partial charge in [0.25, 0.3) is 0 Å². The molecule has 1 aliphatic carbocycles. The number of hydrogen-bond donors (Lipinski definition) is 1. The molecule has 1 heterocycles. The smallest absolute Gasteiger partial charge is 0.249 e. The Morgan fingerprint density at radius 1 is 1.21 bits per heavy atom. The number of hydrogen-bond acceptors (Lipinski definition) is 2. The third-order valence-electron chi connectivity index (χ3n) is 5.04. The molecule has 1 N–H and O–H groups in total. The minimum absolute atomic E-state index is 0.000994. The number of rotatable bonds is 3. The summed E-state index contributed by atoms with van der Waals surface area (Å²) >= 11 is 0. The first-order chi connectivity index (χ1) is 9.04. The first-order valence-corrected chi connectivity index (χ1v) is 7.66. The van der Waals surface area contributed by atoms with E-state index in [1.165, 1.54) is 19.3 Å². The van der Waals surface area contributed by atoms with E-state index >= 15 is 0 Å². The zero-order valence-corrected chi connectivity index (χ0v) is 12.4. The Kier molecular flexibility index (Phi) is 4.16. The van der Waals surface area contributed by atoms with Crippen molar-refractivity contribution < 1.29 is 9.59 Å². The minimum Gasteiger partial charge on any atom is -0.340 e. The Morgan fingerprint density at radius 2 is 1.84 bits per heavy atom. The Labute approximate surface area is 115 Å². The van der Waals surface area contributed by atoms with E-state index in [2.05, 4.69) is 12.2 Å². The van der Waals surface area contributed by atoms with Crippen LogP contribution in [0.1, 0.15) is 59.3 Å². The molecule has 0 spiro atoms. The van der Waals surface area contributed by atoms with Gasteiger partial charge in [-0.15, -0.1) is 0 Å². The van der Waals surface area contributed by atoms with E-state index in [-0.39, 0.29) is 24.4 Å². The van der Waals surface area contributed by atoms with Crippen LogP contribution < -0.4 is 5.32 Å². The predicted octanol–water partition coefficient (Wildman–Crippen LogP) is 2.08. The zero-order valence-electron chi connectivity index (χ0n) is 12.4. The Hall–Kier alpha value is -1.06. The minimum atomic E-state index is -0.660. The highest BCUT2D eigenvalue weighted by Crippen LogP contribution is 2.32. The molecule has 0 aromatic carbocycles. The molecule has 1 saturated heterocycles. The lowest BCUT2D eigenvalue weighted by Crippen LogP contribution is -2.68. The second-order valence-corrected chi connectivity index (χ2v) is 6.10. The summed E-state index contributed by atoms with van der Waals surface area (Å²) < 4.78 is 0. The summed E-state index contributed by atoms with van der Waals surface area (Å²) in [6.45, 7) is 6.42. The predicted molar refractivity (Wildman–Crippen MR) is 74.6 cm³/mol. The third kappa shape index (κ3) is 2.49. The monoisotopic (exact) mass is 266 g/mol. The molecule has 2 fully saturated rings. The maximum absolute atomic E-state index is 12.8. The molecule has 1 saturated carbocycles. The van der Waals surface area contributed by atoms with Crippen molar-refractivity contribution in [1.82, 2.24) is 10.2 Å². The molecule has 0 radical (unpaired) electrons. The maximum Gasteiger partial charge on any atom is 0.249 e. The standard InChI is InChI=1S/C15H26N2O2/c1-4-15(5-2)14(19)17(10-13(18)16-15)12-9-7-6-8-11(12)3/h11-12H,4-10H2,1-3H3,(H,16,18). The van der Waals surface area contributed by atoms with Crippen molar-refractivity contribution in [2.45, 2.75) is 70.9 Å². The lowest BCUT2D eigenvalue weighted by atomic mass is 9.81. The van der Waals surface area contributed by atoms with Gasteiger partial charge in [-0.05, 0) is 31.6 Å². The summed E-state index contributed by atoms with van der Waals surface area (Å²) in [5.74, 6) is 0.645. The lowest BCUT2D eigenvalue weighted by molar-refractivity contribution is -0.154. The van der Waals surface area contributed by atoms with E-state index in [0.717, 1.165) is 6.42 Å². The molecule has 2 aliphatic rings. The van der Waals surface area contributed by atoms with Gasteiger partial charge in [0.2, 0.25) is 11.8 Å². The summed E-state index contributed by atoms with van der Waals surface area (Å²) in [7, 11) is 0. The quantitative estimate of drug-likeness (QED) is 0.850. The number of carbonyl (C=O) groups is 2. The van der Waals surface area contributed by atoms with Gasteiger partial charge in [-0.25, -0.2) is 0 Å². The largest absolute Gasteiger partial charge is 0.340 e. The normalized spacial score (nSPS) is 31.2. The van der Waals surface area contributed by atoms with Gasteiger partial charge in [0.15, 0.2) is 0 Å². The van der Waals surface area contributed by atoms with Crippen LogP contribution in [0.5, 0.6) is 0 Å². The van der Waals surface area contributed by atoms with Crippen LogP contribution in [0, 0.1) is 5.92 Å². The van der Waals surface area contributed by atoms with Crippen LogP contribution >= 0.6 is 0 Å². The Bertz CT molecular complexity index is 363. The number of piperazine rings is 1. The molecule has 2 atom stereocenters. The van der Waals surface area contributed by atoms with Crippen LogP contribution in [0.15, 0.2) is 0 Å². The topological polar surface area (TPSA) is 49.4 Å². The number of carbonyl (C=O) groups excluding carboxylic acids is 2. The summed E-state index contributed by atoms with van der Waals surface area (Å²) in [5.41, 5.74) is -0.660. The van der Waals surface area contributed by atoms with E-state index in [1.54, 1.807) is 0 Å². The molecular weight excluding hydrogens is 240 g/mol. The van der Waals surface area contributed by atoms with E-state index in [4.69, 9.17) is 0 Å². The van der Waals surface area contributed by atoms with Crippen LogP contribution in [0.3, 0.4) is 0 Å². The van der Waals surface area contributed by atoms with Crippen LogP contribution in [-0.4, -0.2) is 34.8 Å². The highest BCUT2D eigenvalue weighted by atomic mass is 16.2. The van der Waals surface area contributed by atoms with Crippen molar-refractivity contribution in [3.8, 4) is 0 Å². The van der Waals surface area contributed by atoms with Gasteiger partial charge in [0.05, 0.1) is 6.54 Å². The van der Waals surface area contributed by atoms with E-state index in [1.807, 2.05) is 18.7 Å². The lowest BCUT2D eigenvalue weighted by Gasteiger charge is -2.47. The molecule has 2 unspecified atom stereocenters. The zero-order chi connectivity index (χ0) is 14.0. The van der Waals surface area contributed by atoms with Crippen LogP contribution in [0.4, 0.5) is 0 Å². The summed E-state index contributed by atoms with van der Waals surface area (Å²) in [4.78, 5) is 26.7. The van der Waals surface area contributed by atoms with E-state index < -0.39 is 5.54 Å². The van der Waals surface area contributed by atoms with Crippen molar-refractivity contribution in [3.05, 3.63) is 0 Å². The highest BCUT2D eigenvalue weighted by Gasteiger charge is 2.47.